The highest BCUT2D eigenvalue weighted by atomic mass is 19.4. The highest BCUT2D eigenvalue weighted by molar-refractivity contribution is 5.89. The summed E-state index contributed by atoms with van der Waals surface area (Å²) < 4.78 is 45.9. The normalized spacial score (nSPS) is 10.8. The lowest BCUT2D eigenvalue weighted by molar-refractivity contribution is -0.136. The van der Waals surface area contributed by atoms with Gasteiger partial charge in [0, 0.05) is 12.4 Å². The number of hydrogen-bond acceptors (Lipinski definition) is 7. The van der Waals surface area contributed by atoms with Gasteiger partial charge in [-0.1, -0.05) is 0 Å². The number of fused-ring (bicyclic) bond motifs is 1. The molecule has 3 heterocycles. The monoisotopic (exact) mass is 385 g/mol. The van der Waals surface area contributed by atoms with Crippen LogP contribution in [0.2, 0.25) is 0 Å². The highest BCUT2D eigenvalue weighted by Crippen LogP contribution is 2.39. The van der Waals surface area contributed by atoms with E-state index in [1.54, 1.807) is 0 Å². The first-order valence-corrected chi connectivity index (χ1v) is 6.88. The molecule has 142 valence electrons. The summed E-state index contributed by atoms with van der Waals surface area (Å²) in [5, 5.41) is 16.6. The molecule has 0 fully saturated rings. The molecule has 0 radical (unpaired) electrons. The first-order valence-electron chi connectivity index (χ1n) is 6.88. The standard InChI is InChI=1S/C14H9F3N4O3.HNO2/c1-24-12-10-8(14(15,16)17)5-21(11(10)19-6-20-12)9-4-7(13(22)23)2-3-18-9;2-1-3/h2-6H,1H3,(H,22,23);(H,2,3). The summed E-state index contributed by atoms with van der Waals surface area (Å²) in [6.07, 6.45) is -1.64. The van der Waals surface area contributed by atoms with Crippen LogP contribution in [0, 0.1) is 4.91 Å². The smallest absolute Gasteiger partial charge is 0.418 e. The Balaban J connectivity index is 0.000000817. The van der Waals surface area contributed by atoms with Crippen LogP contribution in [-0.2, 0) is 6.18 Å². The van der Waals surface area contributed by atoms with Gasteiger partial charge in [-0.3, -0.25) is 4.57 Å². The van der Waals surface area contributed by atoms with Crippen LogP contribution in [0.25, 0.3) is 16.9 Å². The van der Waals surface area contributed by atoms with Gasteiger partial charge < -0.3 is 15.1 Å². The Morgan fingerprint density at radius 3 is 2.52 bits per heavy atom. The van der Waals surface area contributed by atoms with Gasteiger partial charge in [0.1, 0.15) is 12.1 Å². The van der Waals surface area contributed by atoms with E-state index in [1.165, 1.54) is 24.7 Å². The van der Waals surface area contributed by atoms with Gasteiger partial charge in [0.15, 0.2) is 11.0 Å². The van der Waals surface area contributed by atoms with Crippen LogP contribution in [0.3, 0.4) is 0 Å². The molecule has 0 atom stereocenters. The van der Waals surface area contributed by atoms with Crippen molar-refractivity contribution in [1.29, 1.82) is 0 Å². The molecule has 0 aliphatic heterocycles. The molecule has 0 saturated heterocycles. The number of carboxylic acid groups (broad SMARTS) is 1. The van der Waals surface area contributed by atoms with Gasteiger partial charge in [0.2, 0.25) is 5.88 Å². The third-order valence-electron chi connectivity index (χ3n) is 3.29. The lowest BCUT2D eigenvalue weighted by Gasteiger charge is -2.06. The van der Waals surface area contributed by atoms with Crippen molar-refractivity contribution >= 4 is 17.0 Å². The van der Waals surface area contributed by atoms with E-state index < -0.39 is 17.7 Å². The van der Waals surface area contributed by atoms with Crippen LogP contribution in [-0.4, -0.2) is 42.9 Å². The number of carboxylic acids is 1. The average Bonchev–Trinajstić information content (AvgIpc) is 3.02. The van der Waals surface area contributed by atoms with Crippen molar-refractivity contribution in [2.24, 2.45) is 5.34 Å². The van der Waals surface area contributed by atoms with Crippen LogP contribution in [0.4, 0.5) is 13.2 Å². The molecule has 10 nitrogen and oxygen atoms in total. The number of halogens is 3. The van der Waals surface area contributed by atoms with Crippen LogP contribution in [0.15, 0.2) is 36.2 Å². The molecule has 3 aromatic heterocycles. The van der Waals surface area contributed by atoms with Gasteiger partial charge in [-0.05, 0) is 12.1 Å². The van der Waals surface area contributed by atoms with Crippen molar-refractivity contribution in [3.05, 3.63) is 46.9 Å². The lowest BCUT2D eigenvalue weighted by atomic mass is 10.2. The molecule has 0 unspecified atom stereocenters. The largest absolute Gasteiger partial charge is 0.480 e. The van der Waals surface area contributed by atoms with Crippen LogP contribution in [0.5, 0.6) is 5.88 Å². The second-order valence-electron chi connectivity index (χ2n) is 4.78. The minimum absolute atomic E-state index is 0.0175. The Kier molecular flexibility index (Phi) is 5.53. The summed E-state index contributed by atoms with van der Waals surface area (Å²) in [6.45, 7) is 0. The molecule has 3 rings (SSSR count). The zero-order valence-corrected chi connectivity index (χ0v) is 13.4. The van der Waals surface area contributed by atoms with E-state index in [0.717, 1.165) is 23.2 Å². The Morgan fingerprint density at radius 2 is 1.96 bits per heavy atom. The second-order valence-corrected chi connectivity index (χ2v) is 4.78. The van der Waals surface area contributed by atoms with Gasteiger partial charge in [-0.25, -0.2) is 19.7 Å². The summed E-state index contributed by atoms with van der Waals surface area (Å²) in [6, 6.07) is 2.38. The molecule has 2 N–H and O–H groups in total. The molecule has 13 heteroatoms. The summed E-state index contributed by atoms with van der Waals surface area (Å²) in [7, 11) is 1.20. The molecule has 0 aromatic carbocycles. The number of methoxy groups -OCH3 is 1. The summed E-state index contributed by atoms with van der Waals surface area (Å²) in [4.78, 5) is 30.6. The van der Waals surface area contributed by atoms with Crippen molar-refractivity contribution in [1.82, 2.24) is 19.5 Å². The predicted octanol–water partition coefficient (Wildman–Crippen LogP) is 2.68. The number of pyridine rings is 1. The fourth-order valence-electron chi connectivity index (χ4n) is 2.26. The minimum Gasteiger partial charge on any atom is -0.480 e. The number of aromatic nitrogens is 4. The lowest BCUT2D eigenvalue weighted by Crippen LogP contribution is -2.05. The molecule has 0 bridgehead atoms. The van der Waals surface area contributed by atoms with E-state index in [1.807, 2.05) is 0 Å². The molecule has 0 aliphatic carbocycles. The van der Waals surface area contributed by atoms with E-state index >= 15 is 0 Å². The van der Waals surface area contributed by atoms with Crippen molar-refractivity contribution in [3.8, 4) is 11.7 Å². The van der Waals surface area contributed by atoms with Crippen molar-refractivity contribution in [2.75, 3.05) is 7.11 Å². The summed E-state index contributed by atoms with van der Waals surface area (Å²) in [5.74, 6) is -1.48. The van der Waals surface area contributed by atoms with E-state index in [-0.39, 0.29) is 28.3 Å². The van der Waals surface area contributed by atoms with E-state index in [0.29, 0.717) is 0 Å². The fourth-order valence-corrected chi connectivity index (χ4v) is 2.26. The number of aromatic carboxylic acids is 1. The van der Waals surface area contributed by atoms with Crippen LogP contribution < -0.4 is 4.74 Å². The molecule has 27 heavy (non-hydrogen) atoms. The second kappa shape index (κ2) is 7.63. The number of hydrogen-bond donors (Lipinski definition) is 2. The SMILES string of the molecule is COc1ncnc2c1c(C(F)(F)F)cn2-c1cc(C(=O)O)ccn1.O=NO. The Morgan fingerprint density at radius 1 is 1.30 bits per heavy atom. The van der Waals surface area contributed by atoms with Crippen molar-refractivity contribution in [2.45, 2.75) is 6.18 Å². The molecule has 0 saturated carbocycles. The zero-order chi connectivity index (χ0) is 20.2. The number of rotatable bonds is 3. The quantitative estimate of drug-likeness (QED) is 0.518. The Hall–Kier alpha value is -3.77. The summed E-state index contributed by atoms with van der Waals surface area (Å²) >= 11 is 0. The van der Waals surface area contributed by atoms with E-state index in [9.17, 15) is 18.0 Å². The van der Waals surface area contributed by atoms with Gasteiger partial charge in [0.25, 0.3) is 0 Å². The maximum absolute atomic E-state index is 13.3. The molecular weight excluding hydrogens is 375 g/mol. The fraction of sp³-hybridized carbons (Fsp3) is 0.143. The molecule has 0 amide bonds. The van der Waals surface area contributed by atoms with Crippen LogP contribution in [0.1, 0.15) is 15.9 Å². The van der Waals surface area contributed by atoms with Crippen LogP contribution >= 0.6 is 0 Å². The Bertz CT molecular complexity index is 989. The number of carbonyl (C=O) groups is 1. The zero-order valence-electron chi connectivity index (χ0n) is 13.4. The number of alkyl halides is 3. The number of ether oxygens (including phenoxy) is 1. The maximum atomic E-state index is 13.3. The first-order chi connectivity index (χ1) is 12.7. The van der Waals surface area contributed by atoms with Gasteiger partial charge in [0.05, 0.1) is 23.6 Å². The molecule has 3 aromatic rings. The van der Waals surface area contributed by atoms with E-state index in [4.69, 9.17) is 20.0 Å². The van der Waals surface area contributed by atoms with E-state index in [2.05, 4.69) is 15.0 Å². The van der Waals surface area contributed by atoms with Gasteiger partial charge >= 0.3 is 12.1 Å². The molecular formula is C14H10F3N5O5. The third kappa shape index (κ3) is 3.91. The van der Waals surface area contributed by atoms with Crippen molar-refractivity contribution in [3.63, 3.8) is 0 Å². The maximum Gasteiger partial charge on any atom is 0.418 e. The highest BCUT2D eigenvalue weighted by Gasteiger charge is 2.37. The van der Waals surface area contributed by atoms with Crippen molar-refractivity contribution < 1.29 is 33.0 Å². The molecule has 0 spiro atoms. The number of nitrogens with zero attached hydrogens (tertiary/aromatic N) is 5. The predicted molar refractivity (Wildman–Crippen MR) is 82.8 cm³/mol. The topological polar surface area (TPSA) is 140 Å². The average molecular weight is 385 g/mol. The summed E-state index contributed by atoms with van der Waals surface area (Å²) in [5.41, 5.74) is -1.21. The minimum atomic E-state index is -4.67. The van der Waals surface area contributed by atoms with Gasteiger partial charge in [-0.15, -0.1) is 4.91 Å². The molecule has 0 aliphatic rings. The Labute approximate surface area is 147 Å². The first kappa shape index (κ1) is 19.6. The van der Waals surface area contributed by atoms with Gasteiger partial charge in [-0.2, -0.15) is 13.2 Å². The third-order valence-corrected chi connectivity index (χ3v) is 3.29.